The highest BCUT2D eigenvalue weighted by atomic mass is 16.3. The number of rotatable bonds is 1. The van der Waals surface area contributed by atoms with E-state index < -0.39 is 0 Å². The van der Waals surface area contributed by atoms with Crippen LogP contribution >= 0.6 is 0 Å². The summed E-state index contributed by atoms with van der Waals surface area (Å²) in [4.78, 5) is 0. The lowest BCUT2D eigenvalue weighted by molar-refractivity contribution is 0.0454. The fourth-order valence-corrected chi connectivity index (χ4v) is 1.82. The van der Waals surface area contributed by atoms with E-state index in [1.54, 1.807) is 0 Å². The molecule has 4 atom stereocenters. The Bertz CT molecular complexity index is 140. The summed E-state index contributed by atoms with van der Waals surface area (Å²) < 4.78 is 0. The summed E-state index contributed by atoms with van der Waals surface area (Å²) in [6, 6.07) is 1.15. The first-order chi connectivity index (χ1) is 4.81. The van der Waals surface area contributed by atoms with Crippen molar-refractivity contribution in [3.05, 3.63) is 0 Å². The molecule has 0 aromatic heterocycles. The van der Waals surface area contributed by atoms with Crippen LogP contribution in [0.5, 0.6) is 0 Å². The quantitative estimate of drug-likeness (QED) is 0.416. The van der Waals surface area contributed by atoms with E-state index in [0.29, 0.717) is 12.1 Å². The van der Waals surface area contributed by atoms with Crippen LogP contribution in [-0.4, -0.2) is 35.0 Å². The fraction of sp³-hybridized carbons (Fsp3) is 1.00. The highest BCUT2D eigenvalue weighted by Crippen LogP contribution is 2.32. The van der Waals surface area contributed by atoms with Gasteiger partial charge in [0.05, 0.1) is 6.10 Å². The number of aliphatic hydroxyl groups excluding tert-OH is 2. The zero-order valence-electron chi connectivity index (χ0n) is 5.83. The van der Waals surface area contributed by atoms with Gasteiger partial charge in [0, 0.05) is 24.6 Å². The third-order valence-electron chi connectivity index (χ3n) is 2.64. The molecule has 2 rings (SSSR count). The topological polar surface area (TPSA) is 62.4 Å². The normalized spacial score (nSPS) is 52.2. The van der Waals surface area contributed by atoms with Gasteiger partial charge in [0.15, 0.2) is 0 Å². The molecule has 0 aromatic carbocycles. The molecule has 1 saturated carbocycles. The maximum absolute atomic E-state index is 9.37. The Morgan fingerprint density at radius 1 is 1.30 bits per heavy atom. The lowest BCUT2D eigenvalue weighted by Gasteiger charge is -2.23. The van der Waals surface area contributed by atoms with E-state index in [9.17, 15) is 5.11 Å². The van der Waals surface area contributed by atoms with Crippen LogP contribution in [0.4, 0.5) is 0 Å². The second-order valence-corrected chi connectivity index (χ2v) is 3.36. The molecule has 3 heteroatoms. The second kappa shape index (κ2) is 2.19. The SMILES string of the molecule is OCC1CC2NC2CC1O. The molecule has 3 N–H and O–H groups in total. The van der Waals surface area contributed by atoms with Crippen LogP contribution in [0.2, 0.25) is 0 Å². The van der Waals surface area contributed by atoms with Crippen molar-refractivity contribution >= 4 is 0 Å². The molecule has 10 heavy (non-hydrogen) atoms. The van der Waals surface area contributed by atoms with Crippen LogP contribution in [0.3, 0.4) is 0 Å². The summed E-state index contributed by atoms with van der Waals surface area (Å²) in [6.07, 6.45) is 1.50. The van der Waals surface area contributed by atoms with Gasteiger partial charge in [0.2, 0.25) is 0 Å². The Kier molecular flexibility index (Phi) is 1.44. The van der Waals surface area contributed by atoms with Gasteiger partial charge in [-0.2, -0.15) is 0 Å². The molecule has 0 spiro atoms. The molecule has 58 valence electrons. The molecule has 1 aliphatic carbocycles. The number of aliphatic hydroxyl groups is 2. The van der Waals surface area contributed by atoms with Crippen LogP contribution in [0.15, 0.2) is 0 Å². The summed E-state index contributed by atoms with van der Waals surface area (Å²) >= 11 is 0. The van der Waals surface area contributed by atoms with E-state index in [4.69, 9.17) is 5.11 Å². The van der Waals surface area contributed by atoms with Gasteiger partial charge < -0.3 is 15.5 Å². The largest absolute Gasteiger partial charge is 0.396 e. The summed E-state index contributed by atoms with van der Waals surface area (Å²) in [6.45, 7) is 0.131. The first-order valence-electron chi connectivity index (χ1n) is 3.86. The zero-order chi connectivity index (χ0) is 7.14. The van der Waals surface area contributed by atoms with Gasteiger partial charge in [0.25, 0.3) is 0 Å². The maximum Gasteiger partial charge on any atom is 0.0606 e. The maximum atomic E-state index is 9.37. The van der Waals surface area contributed by atoms with Gasteiger partial charge in [-0.05, 0) is 12.8 Å². The van der Waals surface area contributed by atoms with Gasteiger partial charge in [-0.15, -0.1) is 0 Å². The number of hydrogen-bond acceptors (Lipinski definition) is 3. The molecule has 1 aliphatic heterocycles. The predicted molar refractivity (Wildman–Crippen MR) is 36.5 cm³/mol. The first kappa shape index (κ1) is 6.58. The third kappa shape index (κ3) is 0.944. The monoisotopic (exact) mass is 143 g/mol. The van der Waals surface area contributed by atoms with Crippen molar-refractivity contribution in [2.45, 2.75) is 31.0 Å². The fourth-order valence-electron chi connectivity index (χ4n) is 1.82. The summed E-state index contributed by atoms with van der Waals surface area (Å²) in [5.41, 5.74) is 0. The van der Waals surface area contributed by atoms with Crippen molar-refractivity contribution < 1.29 is 10.2 Å². The lowest BCUT2D eigenvalue weighted by Crippen LogP contribution is -2.31. The molecular weight excluding hydrogens is 130 g/mol. The van der Waals surface area contributed by atoms with Gasteiger partial charge in [0.1, 0.15) is 0 Å². The van der Waals surface area contributed by atoms with Crippen molar-refractivity contribution in [3.8, 4) is 0 Å². The van der Waals surface area contributed by atoms with Crippen molar-refractivity contribution in [1.82, 2.24) is 5.32 Å². The Balaban J connectivity index is 1.94. The summed E-state index contributed by atoms with van der Waals surface area (Å²) in [7, 11) is 0. The van der Waals surface area contributed by atoms with Gasteiger partial charge in [-0.25, -0.2) is 0 Å². The minimum Gasteiger partial charge on any atom is -0.396 e. The average molecular weight is 143 g/mol. The van der Waals surface area contributed by atoms with Crippen molar-refractivity contribution in [2.75, 3.05) is 6.61 Å². The van der Waals surface area contributed by atoms with E-state index in [0.717, 1.165) is 12.8 Å². The predicted octanol–water partition coefficient (Wildman–Crippen LogP) is -0.910. The van der Waals surface area contributed by atoms with Gasteiger partial charge >= 0.3 is 0 Å². The Morgan fingerprint density at radius 3 is 2.70 bits per heavy atom. The van der Waals surface area contributed by atoms with E-state index >= 15 is 0 Å². The van der Waals surface area contributed by atoms with Gasteiger partial charge in [-0.1, -0.05) is 0 Å². The molecule has 2 aliphatic rings. The van der Waals surface area contributed by atoms with E-state index in [1.165, 1.54) is 0 Å². The molecule has 1 heterocycles. The van der Waals surface area contributed by atoms with Crippen LogP contribution in [0, 0.1) is 5.92 Å². The lowest BCUT2D eigenvalue weighted by atomic mass is 9.87. The number of hydrogen-bond donors (Lipinski definition) is 3. The van der Waals surface area contributed by atoms with Crippen LogP contribution in [0.1, 0.15) is 12.8 Å². The first-order valence-corrected chi connectivity index (χ1v) is 3.86. The number of nitrogens with one attached hydrogen (secondary N) is 1. The van der Waals surface area contributed by atoms with Crippen LogP contribution in [0.25, 0.3) is 0 Å². The van der Waals surface area contributed by atoms with Crippen molar-refractivity contribution in [1.29, 1.82) is 0 Å². The standard InChI is InChI=1S/C7H13NO2/c9-3-4-1-5-6(8-5)2-7(4)10/h4-10H,1-3H2. The van der Waals surface area contributed by atoms with Crippen molar-refractivity contribution in [2.24, 2.45) is 5.92 Å². The molecule has 3 nitrogen and oxygen atoms in total. The smallest absolute Gasteiger partial charge is 0.0606 e. The van der Waals surface area contributed by atoms with E-state index in [2.05, 4.69) is 5.32 Å². The minimum absolute atomic E-state index is 0.122. The summed E-state index contributed by atoms with van der Waals surface area (Å²) in [5.74, 6) is 0.122. The zero-order valence-corrected chi connectivity index (χ0v) is 5.83. The molecule has 4 unspecified atom stereocenters. The van der Waals surface area contributed by atoms with E-state index in [-0.39, 0.29) is 18.6 Å². The Labute approximate surface area is 60.1 Å². The average Bonchev–Trinajstić information content (AvgIpc) is 2.64. The highest BCUT2D eigenvalue weighted by Gasteiger charge is 2.45. The molecule has 0 radical (unpaired) electrons. The molecule has 0 amide bonds. The van der Waals surface area contributed by atoms with Crippen LogP contribution < -0.4 is 5.32 Å². The van der Waals surface area contributed by atoms with Crippen LogP contribution in [-0.2, 0) is 0 Å². The highest BCUT2D eigenvalue weighted by molar-refractivity contribution is 5.05. The van der Waals surface area contributed by atoms with Gasteiger partial charge in [-0.3, -0.25) is 0 Å². The molecular formula is C7H13NO2. The number of fused-ring (bicyclic) bond motifs is 1. The van der Waals surface area contributed by atoms with E-state index in [1.807, 2.05) is 0 Å². The molecule has 0 aromatic rings. The van der Waals surface area contributed by atoms with Crippen molar-refractivity contribution in [3.63, 3.8) is 0 Å². The molecule has 1 saturated heterocycles. The summed E-state index contributed by atoms with van der Waals surface area (Å²) in [5, 5.41) is 21.4. The molecule has 0 bridgehead atoms. The second-order valence-electron chi connectivity index (χ2n) is 3.36. The Hall–Kier alpha value is -0.120. The third-order valence-corrected chi connectivity index (χ3v) is 2.64. The Morgan fingerprint density at radius 2 is 2.00 bits per heavy atom. The molecule has 2 fully saturated rings. The minimum atomic E-state index is -0.277.